The Morgan fingerprint density at radius 3 is 2.72 bits per heavy atom. The second-order valence-electron chi connectivity index (χ2n) is 5.29. The van der Waals surface area contributed by atoms with Crippen molar-refractivity contribution in [3.63, 3.8) is 0 Å². The molecule has 4 rings (SSSR count). The van der Waals surface area contributed by atoms with E-state index in [0.29, 0.717) is 11.6 Å². The molecule has 0 atom stereocenters. The Balaban J connectivity index is 1.59. The van der Waals surface area contributed by atoms with Gasteiger partial charge < -0.3 is 14.5 Å². The minimum absolute atomic E-state index is 0.453. The lowest BCUT2D eigenvalue weighted by molar-refractivity contribution is 0.203. The van der Waals surface area contributed by atoms with Gasteiger partial charge in [-0.1, -0.05) is 12.1 Å². The quantitative estimate of drug-likeness (QED) is 0.621. The zero-order valence-corrected chi connectivity index (χ0v) is 13.3. The van der Waals surface area contributed by atoms with Crippen LogP contribution in [-0.2, 0) is 0 Å². The van der Waals surface area contributed by atoms with Crippen LogP contribution in [-0.4, -0.2) is 27.9 Å². The molecule has 124 valence electrons. The maximum absolute atomic E-state index is 11.2. The third-order valence-corrected chi connectivity index (χ3v) is 3.64. The van der Waals surface area contributed by atoms with E-state index in [-0.39, 0.29) is 0 Å². The van der Waals surface area contributed by atoms with Crippen LogP contribution in [0.3, 0.4) is 0 Å². The highest BCUT2D eigenvalue weighted by atomic mass is 16.5. The van der Waals surface area contributed by atoms with Crippen molar-refractivity contribution in [2.45, 2.75) is 0 Å². The monoisotopic (exact) mass is 334 g/mol. The van der Waals surface area contributed by atoms with Crippen LogP contribution in [0.5, 0.6) is 5.75 Å². The van der Waals surface area contributed by atoms with E-state index in [1.165, 1.54) is 7.05 Å². The first kappa shape index (κ1) is 14.9. The van der Waals surface area contributed by atoms with Gasteiger partial charge in [-0.05, 0) is 36.4 Å². The van der Waals surface area contributed by atoms with Crippen LogP contribution in [0.15, 0.2) is 65.3 Å². The SMILES string of the molecule is CNC(=O)Oc1ccc(-n2cc(-c3nc4ccccc4o3)cn2)cc1. The topological polar surface area (TPSA) is 82.2 Å². The van der Waals surface area contributed by atoms with Crippen molar-refractivity contribution in [1.82, 2.24) is 20.1 Å². The van der Waals surface area contributed by atoms with Crippen molar-refractivity contribution in [2.24, 2.45) is 0 Å². The predicted molar refractivity (Wildman–Crippen MR) is 91.7 cm³/mol. The normalized spacial score (nSPS) is 10.8. The van der Waals surface area contributed by atoms with Crippen molar-refractivity contribution in [3.05, 3.63) is 60.9 Å². The fraction of sp³-hybridized carbons (Fsp3) is 0.0556. The Kier molecular flexibility index (Phi) is 3.66. The molecule has 1 amide bonds. The summed E-state index contributed by atoms with van der Waals surface area (Å²) in [5.41, 5.74) is 3.15. The van der Waals surface area contributed by atoms with Gasteiger partial charge in [0.15, 0.2) is 5.58 Å². The van der Waals surface area contributed by atoms with Crippen molar-refractivity contribution < 1.29 is 13.9 Å². The molecule has 2 aromatic carbocycles. The van der Waals surface area contributed by atoms with E-state index in [9.17, 15) is 4.79 Å². The number of carbonyl (C=O) groups excluding carboxylic acids is 1. The van der Waals surface area contributed by atoms with E-state index < -0.39 is 6.09 Å². The number of nitrogens with one attached hydrogen (secondary N) is 1. The van der Waals surface area contributed by atoms with E-state index in [0.717, 1.165) is 22.4 Å². The average Bonchev–Trinajstić information content (AvgIpc) is 3.29. The average molecular weight is 334 g/mol. The van der Waals surface area contributed by atoms with E-state index in [4.69, 9.17) is 9.15 Å². The molecule has 7 nitrogen and oxygen atoms in total. The minimum Gasteiger partial charge on any atom is -0.436 e. The molecule has 0 unspecified atom stereocenters. The highest BCUT2D eigenvalue weighted by Gasteiger charge is 2.11. The van der Waals surface area contributed by atoms with E-state index in [1.54, 1.807) is 35.1 Å². The third-order valence-electron chi connectivity index (χ3n) is 3.64. The number of benzene rings is 2. The molecule has 0 bridgehead atoms. The zero-order valence-electron chi connectivity index (χ0n) is 13.3. The van der Waals surface area contributed by atoms with E-state index >= 15 is 0 Å². The van der Waals surface area contributed by atoms with Crippen LogP contribution in [0.1, 0.15) is 0 Å². The Bertz CT molecular complexity index is 1000. The molecule has 0 aliphatic carbocycles. The summed E-state index contributed by atoms with van der Waals surface area (Å²) in [6, 6.07) is 14.6. The third kappa shape index (κ3) is 2.94. The first-order valence-electron chi connectivity index (χ1n) is 7.63. The zero-order chi connectivity index (χ0) is 17.2. The Morgan fingerprint density at radius 1 is 1.16 bits per heavy atom. The molecule has 0 radical (unpaired) electrons. The number of para-hydroxylation sites is 2. The summed E-state index contributed by atoms with van der Waals surface area (Å²) in [7, 11) is 1.51. The molecule has 0 fully saturated rings. The number of aromatic nitrogens is 3. The Labute approximate surface area is 142 Å². The number of hydrogen-bond donors (Lipinski definition) is 1. The number of oxazole rings is 1. The van der Waals surface area contributed by atoms with Crippen molar-refractivity contribution >= 4 is 17.2 Å². The maximum Gasteiger partial charge on any atom is 0.412 e. The number of fused-ring (bicyclic) bond motifs is 1. The highest BCUT2D eigenvalue weighted by molar-refractivity contribution is 5.75. The summed E-state index contributed by atoms with van der Waals surface area (Å²) >= 11 is 0. The Hall–Kier alpha value is -3.61. The lowest BCUT2D eigenvalue weighted by atomic mass is 10.3. The summed E-state index contributed by atoms with van der Waals surface area (Å²) in [6.45, 7) is 0. The summed E-state index contributed by atoms with van der Waals surface area (Å²) < 4.78 is 12.5. The lowest BCUT2D eigenvalue weighted by Crippen LogP contribution is -2.21. The molecule has 0 spiro atoms. The largest absolute Gasteiger partial charge is 0.436 e. The van der Waals surface area contributed by atoms with Gasteiger partial charge in [0, 0.05) is 13.2 Å². The van der Waals surface area contributed by atoms with Crippen LogP contribution < -0.4 is 10.1 Å². The highest BCUT2D eigenvalue weighted by Crippen LogP contribution is 2.24. The molecular formula is C18H14N4O3. The van der Waals surface area contributed by atoms with Crippen LogP contribution in [0.25, 0.3) is 28.2 Å². The molecule has 0 aliphatic heterocycles. The Morgan fingerprint density at radius 2 is 1.96 bits per heavy atom. The van der Waals surface area contributed by atoms with Crippen LogP contribution in [0, 0.1) is 0 Å². The number of ether oxygens (including phenoxy) is 1. The van der Waals surface area contributed by atoms with Gasteiger partial charge in [-0.3, -0.25) is 0 Å². The molecule has 2 aromatic heterocycles. The van der Waals surface area contributed by atoms with Gasteiger partial charge in [0.05, 0.1) is 17.4 Å². The molecule has 25 heavy (non-hydrogen) atoms. The van der Waals surface area contributed by atoms with E-state index in [1.807, 2.05) is 30.5 Å². The van der Waals surface area contributed by atoms with Gasteiger partial charge in [-0.25, -0.2) is 14.5 Å². The molecule has 0 aliphatic rings. The van der Waals surface area contributed by atoms with Crippen LogP contribution in [0.2, 0.25) is 0 Å². The minimum atomic E-state index is -0.509. The molecule has 1 N–H and O–H groups in total. The fourth-order valence-electron chi connectivity index (χ4n) is 2.40. The first-order valence-corrected chi connectivity index (χ1v) is 7.63. The number of carbonyl (C=O) groups is 1. The number of hydrogen-bond acceptors (Lipinski definition) is 5. The molecule has 0 saturated heterocycles. The summed E-state index contributed by atoms with van der Waals surface area (Å²) in [4.78, 5) is 15.7. The molecule has 7 heteroatoms. The lowest BCUT2D eigenvalue weighted by Gasteiger charge is -2.05. The second kappa shape index (κ2) is 6.12. The van der Waals surface area contributed by atoms with E-state index in [2.05, 4.69) is 15.4 Å². The van der Waals surface area contributed by atoms with Gasteiger partial charge in [0.2, 0.25) is 5.89 Å². The predicted octanol–water partition coefficient (Wildman–Crippen LogP) is 3.40. The van der Waals surface area contributed by atoms with Crippen molar-refractivity contribution in [3.8, 4) is 22.9 Å². The molecule has 0 saturated carbocycles. The maximum atomic E-state index is 11.2. The van der Waals surface area contributed by atoms with Crippen LogP contribution >= 0.6 is 0 Å². The van der Waals surface area contributed by atoms with Crippen molar-refractivity contribution in [2.75, 3.05) is 7.05 Å². The van der Waals surface area contributed by atoms with Gasteiger partial charge in [-0.2, -0.15) is 5.10 Å². The standard InChI is InChI=1S/C18H14N4O3/c1-19-18(23)24-14-8-6-13(7-9-14)22-11-12(10-20-22)17-21-15-4-2-3-5-16(15)25-17/h2-11H,1H3,(H,19,23). The van der Waals surface area contributed by atoms with Crippen molar-refractivity contribution in [1.29, 1.82) is 0 Å². The van der Waals surface area contributed by atoms with Gasteiger partial charge in [0.1, 0.15) is 11.3 Å². The number of rotatable bonds is 3. The van der Waals surface area contributed by atoms with Gasteiger partial charge in [0.25, 0.3) is 0 Å². The number of amides is 1. The van der Waals surface area contributed by atoms with Gasteiger partial charge in [-0.15, -0.1) is 0 Å². The molecule has 2 heterocycles. The first-order chi connectivity index (χ1) is 12.2. The van der Waals surface area contributed by atoms with Gasteiger partial charge >= 0.3 is 6.09 Å². The summed E-state index contributed by atoms with van der Waals surface area (Å²) in [5, 5.41) is 6.73. The summed E-state index contributed by atoms with van der Waals surface area (Å²) in [5.74, 6) is 0.974. The van der Waals surface area contributed by atoms with Crippen LogP contribution in [0.4, 0.5) is 4.79 Å². The second-order valence-corrected chi connectivity index (χ2v) is 5.29. The summed E-state index contributed by atoms with van der Waals surface area (Å²) in [6.07, 6.45) is 3.02. The smallest absolute Gasteiger partial charge is 0.412 e. The molecule has 4 aromatic rings. The fourth-order valence-corrected chi connectivity index (χ4v) is 2.40. The molecular weight excluding hydrogens is 320 g/mol. The number of nitrogens with zero attached hydrogens (tertiary/aromatic N) is 3.